The molecule has 2 aromatic carbocycles. The third-order valence-corrected chi connectivity index (χ3v) is 7.74. The van der Waals surface area contributed by atoms with Crippen molar-refractivity contribution in [3.05, 3.63) is 47.0 Å². The van der Waals surface area contributed by atoms with Gasteiger partial charge in [0.2, 0.25) is 0 Å². The Morgan fingerprint density at radius 3 is 2.05 bits per heavy atom. The number of halogens is 1. The van der Waals surface area contributed by atoms with Gasteiger partial charge in [0.05, 0.1) is 36.2 Å². The fourth-order valence-corrected chi connectivity index (χ4v) is 5.26. The second-order valence-electron chi connectivity index (χ2n) is 10.1. The highest BCUT2D eigenvalue weighted by molar-refractivity contribution is 6.33. The summed E-state index contributed by atoms with van der Waals surface area (Å²) in [5.41, 5.74) is 7.84. The fourth-order valence-electron chi connectivity index (χ4n) is 5.10. The van der Waals surface area contributed by atoms with Gasteiger partial charge in [0.15, 0.2) is 0 Å². The molecule has 2 fully saturated rings. The highest BCUT2D eigenvalue weighted by atomic mass is 35.5. The maximum atomic E-state index is 12.8. The van der Waals surface area contributed by atoms with Crippen molar-refractivity contribution in [2.45, 2.75) is 25.3 Å². The number of carbonyl (C=O) groups is 3. The summed E-state index contributed by atoms with van der Waals surface area (Å²) in [6.07, 6.45) is 3.04. The minimum atomic E-state index is -1.82. The Labute approximate surface area is 250 Å². The number of amides is 1. The zero-order valence-corrected chi connectivity index (χ0v) is 24.8. The summed E-state index contributed by atoms with van der Waals surface area (Å²) >= 11 is 6.12. The minimum absolute atomic E-state index is 0.151. The SMILES string of the molecule is COc1cc(N)c(Cl)cc1C(=O)NC1CCN(CCCN2CCN(c3ccccc3OC)CC2)CC1.O=C(O)C(=O)O. The molecule has 13 heteroatoms. The van der Waals surface area contributed by atoms with Crippen molar-refractivity contribution in [1.82, 2.24) is 15.1 Å². The van der Waals surface area contributed by atoms with Gasteiger partial charge in [0, 0.05) is 51.4 Å². The Morgan fingerprint density at radius 2 is 1.48 bits per heavy atom. The number of carboxylic acids is 2. The lowest BCUT2D eigenvalue weighted by atomic mass is 10.0. The summed E-state index contributed by atoms with van der Waals surface area (Å²) in [7, 11) is 3.26. The zero-order valence-electron chi connectivity index (χ0n) is 24.1. The number of benzene rings is 2. The molecule has 42 heavy (non-hydrogen) atoms. The Bertz CT molecular complexity index is 1200. The van der Waals surface area contributed by atoms with Crippen molar-refractivity contribution in [1.29, 1.82) is 0 Å². The van der Waals surface area contributed by atoms with Crippen LogP contribution in [0.3, 0.4) is 0 Å². The Hall–Kier alpha value is -3.74. The first-order chi connectivity index (χ1) is 20.1. The third-order valence-electron chi connectivity index (χ3n) is 7.42. The lowest BCUT2D eigenvalue weighted by molar-refractivity contribution is -0.159. The molecule has 2 aliphatic rings. The highest BCUT2D eigenvalue weighted by Crippen LogP contribution is 2.30. The first kappa shape index (κ1) is 32.8. The number of carboxylic acid groups (broad SMARTS) is 2. The number of hydrogen-bond acceptors (Lipinski definition) is 9. The lowest BCUT2D eigenvalue weighted by Gasteiger charge is -2.37. The van der Waals surface area contributed by atoms with E-state index in [2.05, 4.69) is 32.1 Å². The molecule has 0 bridgehead atoms. The van der Waals surface area contributed by atoms with Crippen LogP contribution in [0.1, 0.15) is 29.6 Å². The van der Waals surface area contributed by atoms with Crippen LogP contribution in [0.25, 0.3) is 0 Å². The molecule has 5 N–H and O–H groups in total. The normalized spacial score (nSPS) is 16.2. The van der Waals surface area contributed by atoms with Crippen LogP contribution < -0.4 is 25.4 Å². The number of piperidine rings is 1. The molecule has 4 rings (SSSR count). The van der Waals surface area contributed by atoms with Crippen molar-refractivity contribution in [3.8, 4) is 11.5 Å². The number of nitrogens with two attached hydrogens (primary N) is 1. The second kappa shape index (κ2) is 16.0. The highest BCUT2D eigenvalue weighted by Gasteiger charge is 2.24. The Balaban J connectivity index is 0.000000730. The van der Waals surface area contributed by atoms with Crippen LogP contribution in [0.4, 0.5) is 11.4 Å². The maximum Gasteiger partial charge on any atom is 0.414 e. The lowest BCUT2D eigenvalue weighted by Crippen LogP contribution is -2.48. The van der Waals surface area contributed by atoms with Gasteiger partial charge in [-0.15, -0.1) is 0 Å². The third kappa shape index (κ3) is 9.40. The van der Waals surface area contributed by atoms with E-state index in [1.165, 1.54) is 12.8 Å². The number of ether oxygens (including phenoxy) is 2. The van der Waals surface area contributed by atoms with Crippen LogP contribution in [-0.2, 0) is 9.59 Å². The maximum absolute atomic E-state index is 12.8. The molecule has 0 saturated carbocycles. The largest absolute Gasteiger partial charge is 0.496 e. The smallest absolute Gasteiger partial charge is 0.414 e. The number of piperazine rings is 1. The van der Waals surface area contributed by atoms with E-state index in [0.29, 0.717) is 22.0 Å². The molecule has 2 aromatic rings. The van der Waals surface area contributed by atoms with E-state index in [4.69, 9.17) is 46.6 Å². The monoisotopic (exact) mass is 605 g/mol. The van der Waals surface area contributed by atoms with Gasteiger partial charge in [-0.1, -0.05) is 23.7 Å². The Kier molecular flexibility index (Phi) is 12.5. The van der Waals surface area contributed by atoms with E-state index in [1.54, 1.807) is 19.2 Å². The number of nitrogens with one attached hydrogen (secondary N) is 1. The average Bonchev–Trinajstić information content (AvgIpc) is 2.99. The standard InChI is InChI=1S/C27H38ClN5O3.C2H2O4/c1-35-25-7-4-3-6-24(25)33-16-14-32(15-17-33)11-5-10-31-12-8-20(9-13-31)30-27(34)21-18-22(28)23(29)19-26(21)36-2;3-1(4)2(5)6/h3-4,6-7,18-20H,5,8-17,29H2,1-2H3,(H,30,34);(H,3,4)(H,5,6). The van der Waals surface area contributed by atoms with E-state index in [-0.39, 0.29) is 11.9 Å². The van der Waals surface area contributed by atoms with E-state index >= 15 is 0 Å². The summed E-state index contributed by atoms with van der Waals surface area (Å²) in [6, 6.07) is 11.6. The molecule has 12 nitrogen and oxygen atoms in total. The first-order valence-electron chi connectivity index (χ1n) is 13.9. The molecular weight excluding hydrogens is 566 g/mol. The van der Waals surface area contributed by atoms with Gasteiger partial charge < -0.3 is 40.5 Å². The van der Waals surface area contributed by atoms with Crippen LogP contribution in [0.2, 0.25) is 5.02 Å². The van der Waals surface area contributed by atoms with Crippen molar-refractivity contribution in [2.24, 2.45) is 0 Å². The molecule has 0 radical (unpaired) electrons. The number of aliphatic carboxylic acids is 2. The van der Waals surface area contributed by atoms with Gasteiger partial charge in [0.1, 0.15) is 11.5 Å². The van der Waals surface area contributed by atoms with Crippen LogP contribution in [0.5, 0.6) is 11.5 Å². The predicted octanol–water partition coefficient (Wildman–Crippen LogP) is 2.50. The minimum Gasteiger partial charge on any atom is -0.496 e. The van der Waals surface area contributed by atoms with Crippen molar-refractivity contribution < 1.29 is 34.1 Å². The molecule has 0 spiro atoms. The molecule has 0 atom stereocenters. The predicted molar refractivity (Wildman–Crippen MR) is 161 cm³/mol. The van der Waals surface area contributed by atoms with Crippen LogP contribution in [0, 0.1) is 0 Å². The number of nitrogens with zero attached hydrogens (tertiary/aromatic N) is 3. The first-order valence-corrected chi connectivity index (χ1v) is 14.2. The van der Waals surface area contributed by atoms with E-state index in [9.17, 15) is 4.79 Å². The van der Waals surface area contributed by atoms with Crippen LogP contribution in [0.15, 0.2) is 36.4 Å². The van der Waals surface area contributed by atoms with Crippen molar-refractivity contribution in [2.75, 3.05) is 77.2 Å². The van der Waals surface area contributed by atoms with E-state index in [1.807, 2.05) is 12.1 Å². The van der Waals surface area contributed by atoms with Gasteiger partial charge >= 0.3 is 11.9 Å². The van der Waals surface area contributed by atoms with Gasteiger partial charge in [-0.3, -0.25) is 9.69 Å². The number of hydrogen-bond donors (Lipinski definition) is 4. The molecular formula is C29H40ClN5O7. The summed E-state index contributed by atoms with van der Waals surface area (Å²) < 4.78 is 10.9. The van der Waals surface area contributed by atoms with Gasteiger partial charge in [0.25, 0.3) is 5.91 Å². The number of anilines is 2. The summed E-state index contributed by atoms with van der Waals surface area (Å²) in [5, 5.41) is 18.3. The van der Waals surface area contributed by atoms with E-state index < -0.39 is 11.9 Å². The number of nitrogen functional groups attached to an aromatic ring is 1. The van der Waals surface area contributed by atoms with Gasteiger partial charge in [-0.05, 0) is 50.6 Å². The summed E-state index contributed by atoms with van der Waals surface area (Å²) in [6.45, 7) is 8.39. The van der Waals surface area contributed by atoms with Crippen molar-refractivity contribution in [3.63, 3.8) is 0 Å². The molecule has 0 aliphatic carbocycles. The second-order valence-corrected chi connectivity index (χ2v) is 10.5. The van der Waals surface area contributed by atoms with Crippen molar-refractivity contribution >= 4 is 40.8 Å². The molecule has 2 aliphatic heterocycles. The Morgan fingerprint density at radius 1 is 0.905 bits per heavy atom. The molecule has 0 aromatic heterocycles. The van der Waals surface area contributed by atoms with Gasteiger partial charge in [-0.2, -0.15) is 0 Å². The summed E-state index contributed by atoms with van der Waals surface area (Å²) in [4.78, 5) is 38.5. The number of para-hydroxylation sites is 2. The molecule has 0 unspecified atom stereocenters. The number of likely N-dealkylation sites (tertiary alicyclic amines) is 1. The molecule has 2 saturated heterocycles. The molecule has 2 heterocycles. The average molecular weight is 606 g/mol. The van der Waals surface area contributed by atoms with E-state index in [0.717, 1.165) is 77.4 Å². The number of methoxy groups -OCH3 is 2. The number of rotatable bonds is 9. The fraction of sp³-hybridized carbons (Fsp3) is 0.483. The van der Waals surface area contributed by atoms with Crippen LogP contribution >= 0.6 is 11.6 Å². The summed E-state index contributed by atoms with van der Waals surface area (Å²) in [5.74, 6) is -2.43. The molecule has 1 amide bonds. The number of carbonyl (C=O) groups excluding carboxylic acids is 1. The quantitative estimate of drug-likeness (QED) is 0.246. The van der Waals surface area contributed by atoms with Crippen LogP contribution in [-0.4, -0.2) is 110 Å². The van der Waals surface area contributed by atoms with Gasteiger partial charge in [-0.25, -0.2) is 9.59 Å². The molecule has 230 valence electrons. The zero-order chi connectivity index (χ0) is 30.6. The topological polar surface area (TPSA) is 158 Å².